The minimum Gasteiger partial charge on any atom is -0.130 e. The monoisotopic (exact) mass is 234 g/mol. The van der Waals surface area contributed by atoms with E-state index in [1.807, 2.05) is 30.5 Å². The number of azide groups is 2. The summed E-state index contributed by atoms with van der Waals surface area (Å²) in [6, 6.07) is 7.19. The smallest absolute Gasteiger partial charge is 0.0681 e. The highest BCUT2D eigenvalue weighted by molar-refractivity contribution is 7.98. The van der Waals surface area contributed by atoms with Crippen LogP contribution in [0.4, 0.5) is 0 Å². The lowest BCUT2D eigenvalue weighted by Crippen LogP contribution is -1.97. The Hall–Kier alpha value is -1.81. The molecular weight excluding hydrogens is 224 g/mol. The fraction of sp³-hybridized carbons (Fsp3) is 0.333. The van der Waals surface area contributed by atoms with Gasteiger partial charge in [0.05, 0.1) is 6.04 Å². The van der Waals surface area contributed by atoms with Crippen LogP contribution in [-0.2, 0) is 0 Å². The van der Waals surface area contributed by atoms with Crippen LogP contribution in [0.3, 0.4) is 0 Å². The predicted molar refractivity (Wildman–Crippen MR) is 64.1 cm³/mol. The third-order valence-corrected chi connectivity index (χ3v) is 2.75. The normalized spacial score (nSPS) is 11.1. The Balaban J connectivity index is 2.91. The number of rotatable bonds is 5. The van der Waals surface area contributed by atoms with Crippen LogP contribution in [0.25, 0.3) is 20.9 Å². The number of thioether (sulfide) groups is 1. The molecule has 1 aromatic carbocycles. The Morgan fingerprint density at radius 2 is 1.94 bits per heavy atom. The van der Waals surface area contributed by atoms with Crippen molar-refractivity contribution in [2.45, 2.75) is 10.9 Å². The lowest BCUT2D eigenvalue weighted by atomic mass is 10.1. The molecule has 0 aliphatic carbocycles. The van der Waals surface area contributed by atoms with Gasteiger partial charge in [-0.1, -0.05) is 22.4 Å². The van der Waals surface area contributed by atoms with Crippen molar-refractivity contribution >= 4 is 11.8 Å². The summed E-state index contributed by atoms with van der Waals surface area (Å²) in [5.74, 6) is 0. The van der Waals surface area contributed by atoms with Crippen molar-refractivity contribution in [3.63, 3.8) is 0 Å². The van der Waals surface area contributed by atoms with Gasteiger partial charge in [-0.05, 0) is 35.0 Å². The van der Waals surface area contributed by atoms with Gasteiger partial charge in [0.25, 0.3) is 0 Å². The molecule has 0 amide bonds. The third-order valence-electron chi connectivity index (χ3n) is 2.01. The first-order valence-corrected chi connectivity index (χ1v) is 5.73. The first-order valence-electron chi connectivity index (χ1n) is 4.51. The molecule has 0 N–H and O–H groups in total. The van der Waals surface area contributed by atoms with Crippen LogP contribution < -0.4 is 0 Å². The molecule has 0 bridgehead atoms. The summed E-state index contributed by atoms with van der Waals surface area (Å²) in [7, 11) is 0. The molecule has 0 heterocycles. The van der Waals surface area contributed by atoms with Crippen molar-refractivity contribution in [1.82, 2.24) is 0 Å². The largest absolute Gasteiger partial charge is 0.130 e. The van der Waals surface area contributed by atoms with Gasteiger partial charge >= 0.3 is 0 Å². The summed E-state index contributed by atoms with van der Waals surface area (Å²) >= 11 is 1.64. The molecule has 0 aromatic heterocycles. The Labute approximate surface area is 96.9 Å². The van der Waals surface area contributed by atoms with Crippen molar-refractivity contribution in [3.05, 3.63) is 50.7 Å². The maximum Gasteiger partial charge on any atom is 0.0681 e. The zero-order valence-electron chi connectivity index (χ0n) is 8.69. The van der Waals surface area contributed by atoms with E-state index in [-0.39, 0.29) is 6.54 Å². The number of nitrogens with zero attached hydrogens (tertiary/aromatic N) is 6. The first-order chi connectivity index (χ1) is 7.81. The first kappa shape index (κ1) is 12.3. The van der Waals surface area contributed by atoms with Gasteiger partial charge in [-0.2, -0.15) is 0 Å². The second kappa shape index (κ2) is 6.63. The van der Waals surface area contributed by atoms with E-state index in [0.29, 0.717) is 0 Å². The van der Waals surface area contributed by atoms with Crippen molar-refractivity contribution in [3.8, 4) is 0 Å². The molecular formula is C9H10N6S. The molecule has 0 aliphatic heterocycles. The van der Waals surface area contributed by atoms with Gasteiger partial charge in [0.15, 0.2) is 0 Å². The second-order valence-corrected chi connectivity index (χ2v) is 3.79. The average molecular weight is 234 g/mol. The van der Waals surface area contributed by atoms with E-state index in [4.69, 9.17) is 11.1 Å². The highest BCUT2D eigenvalue weighted by Crippen LogP contribution is 2.22. The quantitative estimate of drug-likeness (QED) is 0.326. The standard InChI is InChI=1S/C9H10N6S/c1-16-8-4-2-7(3-5-8)9(13-15-11)6-12-14-10/h2-5,9H,6H2,1H3. The molecule has 6 nitrogen and oxygen atoms in total. The molecule has 1 atom stereocenters. The molecule has 16 heavy (non-hydrogen) atoms. The van der Waals surface area contributed by atoms with Crippen molar-refractivity contribution < 1.29 is 0 Å². The maximum absolute atomic E-state index is 8.42. The molecule has 82 valence electrons. The summed E-state index contributed by atoms with van der Waals surface area (Å²) in [4.78, 5) is 6.53. The Morgan fingerprint density at radius 3 is 2.44 bits per heavy atom. The molecule has 1 rings (SSSR count). The van der Waals surface area contributed by atoms with E-state index in [0.717, 1.165) is 10.5 Å². The summed E-state index contributed by atoms with van der Waals surface area (Å²) in [6.45, 7) is 0.138. The Kier molecular flexibility index (Phi) is 5.08. The van der Waals surface area contributed by atoms with E-state index < -0.39 is 6.04 Å². The zero-order chi connectivity index (χ0) is 11.8. The van der Waals surface area contributed by atoms with E-state index in [9.17, 15) is 0 Å². The Bertz CT molecular complexity index is 430. The van der Waals surface area contributed by atoms with E-state index in [1.165, 1.54) is 0 Å². The average Bonchev–Trinajstić information content (AvgIpc) is 2.35. The van der Waals surface area contributed by atoms with Gasteiger partial charge < -0.3 is 0 Å². The van der Waals surface area contributed by atoms with Crippen LogP contribution in [0.1, 0.15) is 11.6 Å². The van der Waals surface area contributed by atoms with Crippen molar-refractivity contribution in [2.75, 3.05) is 12.8 Å². The van der Waals surface area contributed by atoms with Crippen LogP contribution in [-0.4, -0.2) is 12.8 Å². The summed E-state index contributed by atoms with van der Waals surface area (Å²) < 4.78 is 0. The number of hydrogen-bond donors (Lipinski definition) is 0. The molecule has 0 aliphatic rings. The van der Waals surface area contributed by atoms with E-state index in [2.05, 4.69) is 20.1 Å². The van der Waals surface area contributed by atoms with Gasteiger partial charge in [0.2, 0.25) is 0 Å². The van der Waals surface area contributed by atoms with Gasteiger partial charge in [-0.3, -0.25) is 0 Å². The lowest BCUT2D eigenvalue weighted by molar-refractivity contribution is 0.726. The number of hydrogen-bond acceptors (Lipinski definition) is 3. The topological polar surface area (TPSA) is 97.5 Å². The van der Waals surface area contributed by atoms with Gasteiger partial charge in [0.1, 0.15) is 0 Å². The molecule has 0 radical (unpaired) electrons. The fourth-order valence-corrected chi connectivity index (χ4v) is 1.62. The van der Waals surface area contributed by atoms with Crippen molar-refractivity contribution in [2.24, 2.45) is 10.2 Å². The zero-order valence-corrected chi connectivity index (χ0v) is 9.50. The number of benzene rings is 1. The van der Waals surface area contributed by atoms with Gasteiger partial charge in [-0.25, -0.2) is 0 Å². The lowest BCUT2D eigenvalue weighted by Gasteiger charge is -2.08. The summed E-state index contributed by atoms with van der Waals surface area (Å²) in [5, 5.41) is 7.02. The summed E-state index contributed by atoms with van der Waals surface area (Å²) in [5.41, 5.74) is 17.5. The second-order valence-electron chi connectivity index (χ2n) is 2.91. The molecule has 0 spiro atoms. The van der Waals surface area contributed by atoms with Gasteiger partial charge in [0, 0.05) is 21.3 Å². The molecule has 0 saturated carbocycles. The highest BCUT2D eigenvalue weighted by atomic mass is 32.2. The van der Waals surface area contributed by atoms with E-state index >= 15 is 0 Å². The van der Waals surface area contributed by atoms with Crippen LogP contribution in [0, 0.1) is 0 Å². The van der Waals surface area contributed by atoms with Crippen LogP contribution >= 0.6 is 11.8 Å². The van der Waals surface area contributed by atoms with Crippen LogP contribution in [0.15, 0.2) is 39.4 Å². The Morgan fingerprint density at radius 1 is 1.25 bits per heavy atom. The molecule has 0 saturated heterocycles. The summed E-state index contributed by atoms with van der Waals surface area (Å²) in [6.07, 6.45) is 1.99. The SMILES string of the molecule is CSc1ccc(C(CN=[N+]=[N-])N=[N+]=[N-])cc1. The maximum atomic E-state index is 8.42. The van der Waals surface area contributed by atoms with E-state index in [1.54, 1.807) is 11.8 Å². The van der Waals surface area contributed by atoms with Crippen LogP contribution in [0.5, 0.6) is 0 Å². The third kappa shape index (κ3) is 3.40. The molecule has 7 heteroatoms. The minimum atomic E-state index is -0.434. The minimum absolute atomic E-state index is 0.138. The predicted octanol–water partition coefficient (Wildman–Crippen LogP) is 4.07. The van der Waals surface area contributed by atoms with Crippen LogP contribution in [0.2, 0.25) is 0 Å². The fourth-order valence-electron chi connectivity index (χ4n) is 1.21. The molecule has 1 aromatic rings. The van der Waals surface area contributed by atoms with Gasteiger partial charge in [-0.15, -0.1) is 11.8 Å². The highest BCUT2D eigenvalue weighted by Gasteiger charge is 2.07. The van der Waals surface area contributed by atoms with Crippen molar-refractivity contribution in [1.29, 1.82) is 0 Å². The molecule has 1 unspecified atom stereocenters. The molecule has 0 fully saturated rings.